The highest BCUT2D eigenvalue weighted by Crippen LogP contribution is 2.26. The molecule has 0 aromatic carbocycles. The standard InChI is InChI=1S/C72H127NO10/c1-4-7-10-13-16-19-22-24-26-28-30-31-32-33-34-36-37-39-41-44-47-50-53-56-59-65(76)71(80)73-63(64(75)58-55-52-49-46-43-21-18-15-12-9-6-3)62-81-72-70(69(79)68(78)66(61-74)82-72)83-67(77)60-57-54-51-48-45-42-40-38-35-29-27-25-23-20-17-14-11-8-5-2/h16-17,19-20,24-27,35,38,42,45,55,58,63-66,68-70,72,74-76,78-79H,4-15,18,21-23,28-34,36-37,39-41,43-44,46-54,56-57,59-62H2,1-3H3,(H,73,80)/b19-16-,20-17-,26-24-,27-25-,38-35-,45-42-,58-55+. The van der Waals surface area contributed by atoms with E-state index in [1.165, 1.54) is 167 Å². The molecule has 83 heavy (non-hydrogen) atoms. The monoisotopic (exact) mass is 1170 g/mol. The van der Waals surface area contributed by atoms with Gasteiger partial charge in [-0.15, -0.1) is 0 Å². The third-order valence-electron chi connectivity index (χ3n) is 15.8. The van der Waals surface area contributed by atoms with Crippen molar-refractivity contribution in [1.82, 2.24) is 5.32 Å². The second-order valence-corrected chi connectivity index (χ2v) is 23.6. The van der Waals surface area contributed by atoms with Gasteiger partial charge in [0.2, 0.25) is 5.91 Å². The van der Waals surface area contributed by atoms with Crippen LogP contribution in [0.3, 0.4) is 0 Å². The molecular formula is C72H127NO10. The number of aliphatic hydroxyl groups is 5. The van der Waals surface area contributed by atoms with Crippen molar-refractivity contribution in [2.75, 3.05) is 13.2 Å². The Labute approximate surface area is 508 Å². The van der Waals surface area contributed by atoms with Gasteiger partial charge in [-0.3, -0.25) is 9.59 Å². The number of amides is 1. The quantitative estimate of drug-likeness (QED) is 0.0195. The zero-order valence-electron chi connectivity index (χ0n) is 53.3. The van der Waals surface area contributed by atoms with Crippen molar-refractivity contribution >= 4 is 11.9 Å². The molecule has 1 fully saturated rings. The van der Waals surface area contributed by atoms with Crippen molar-refractivity contribution in [2.24, 2.45) is 0 Å². The summed E-state index contributed by atoms with van der Waals surface area (Å²) in [7, 11) is 0. The number of carbonyl (C=O) groups is 2. The summed E-state index contributed by atoms with van der Waals surface area (Å²) in [6.45, 7) is 5.73. The molecule has 1 rings (SSSR count). The molecular weight excluding hydrogens is 1040 g/mol. The molecule has 0 aromatic heterocycles. The van der Waals surface area contributed by atoms with Gasteiger partial charge in [0.15, 0.2) is 12.4 Å². The Morgan fingerprint density at radius 2 is 0.831 bits per heavy atom. The Morgan fingerprint density at radius 3 is 1.27 bits per heavy atom. The predicted molar refractivity (Wildman–Crippen MR) is 347 cm³/mol. The number of unbranched alkanes of at least 4 members (excludes halogenated alkanes) is 32. The van der Waals surface area contributed by atoms with E-state index in [2.05, 4.69) is 99.0 Å². The third-order valence-corrected chi connectivity index (χ3v) is 15.8. The molecule has 8 unspecified atom stereocenters. The Hall–Kier alpha value is -3.16. The van der Waals surface area contributed by atoms with Crippen LogP contribution in [0.1, 0.15) is 297 Å². The van der Waals surface area contributed by atoms with Gasteiger partial charge >= 0.3 is 5.97 Å². The number of carbonyl (C=O) groups excluding carboxylic acids is 2. The first-order valence-electron chi connectivity index (χ1n) is 34.4. The summed E-state index contributed by atoms with van der Waals surface area (Å²) in [5.74, 6) is -1.22. The summed E-state index contributed by atoms with van der Waals surface area (Å²) >= 11 is 0. The van der Waals surface area contributed by atoms with E-state index >= 15 is 0 Å². The number of aliphatic hydroxyl groups excluding tert-OH is 5. The van der Waals surface area contributed by atoms with Gasteiger partial charge in [-0.25, -0.2) is 0 Å². The fraction of sp³-hybridized carbons (Fsp3) is 0.778. The van der Waals surface area contributed by atoms with Crippen LogP contribution in [0.4, 0.5) is 0 Å². The van der Waals surface area contributed by atoms with E-state index < -0.39 is 67.4 Å². The number of allylic oxidation sites excluding steroid dienone is 13. The molecule has 1 aliphatic rings. The number of esters is 1. The van der Waals surface area contributed by atoms with E-state index in [9.17, 15) is 35.1 Å². The van der Waals surface area contributed by atoms with Crippen molar-refractivity contribution < 1.29 is 49.3 Å². The van der Waals surface area contributed by atoms with E-state index in [1.807, 2.05) is 6.08 Å². The summed E-state index contributed by atoms with van der Waals surface area (Å²) in [6.07, 6.45) is 67.7. The third kappa shape index (κ3) is 46.7. The summed E-state index contributed by atoms with van der Waals surface area (Å²) in [5, 5.41) is 57.1. The minimum Gasteiger partial charge on any atom is -0.454 e. The van der Waals surface area contributed by atoms with Crippen LogP contribution in [0.5, 0.6) is 0 Å². The van der Waals surface area contributed by atoms with Crippen LogP contribution < -0.4 is 5.32 Å². The fourth-order valence-corrected chi connectivity index (χ4v) is 10.3. The summed E-state index contributed by atoms with van der Waals surface area (Å²) in [5.41, 5.74) is 0. The lowest BCUT2D eigenvalue weighted by atomic mass is 9.99. The Bertz CT molecular complexity index is 1670. The summed E-state index contributed by atoms with van der Waals surface area (Å²) in [4.78, 5) is 26.6. The van der Waals surface area contributed by atoms with E-state index in [0.29, 0.717) is 12.8 Å². The number of nitrogens with one attached hydrogen (secondary N) is 1. The number of ether oxygens (including phenoxy) is 3. The van der Waals surface area contributed by atoms with Gasteiger partial charge in [0.1, 0.15) is 24.4 Å². The van der Waals surface area contributed by atoms with Crippen molar-refractivity contribution in [3.63, 3.8) is 0 Å². The van der Waals surface area contributed by atoms with E-state index in [4.69, 9.17) is 14.2 Å². The normalized spacial score (nSPS) is 19.1. The summed E-state index contributed by atoms with van der Waals surface area (Å²) < 4.78 is 17.6. The second kappa shape index (κ2) is 59.2. The van der Waals surface area contributed by atoms with Gasteiger partial charge in [-0.05, 0) is 103 Å². The van der Waals surface area contributed by atoms with E-state index in [0.717, 1.165) is 83.5 Å². The van der Waals surface area contributed by atoms with Gasteiger partial charge in [0.25, 0.3) is 0 Å². The molecule has 11 nitrogen and oxygen atoms in total. The Kier molecular flexibility index (Phi) is 55.5. The molecule has 0 radical (unpaired) electrons. The minimum atomic E-state index is -1.63. The van der Waals surface area contributed by atoms with E-state index in [-0.39, 0.29) is 19.4 Å². The van der Waals surface area contributed by atoms with Gasteiger partial charge < -0.3 is 45.1 Å². The first-order chi connectivity index (χ1) is 40.7. The van der Waals surface area contributed by atoms with Gasteiger partial charge in [-0.1, -0.05) is 273 Å². The molecule has 1 saturated heterocycles. The molecule has 0 bridgehead atoms. The molecule has 0 saturated carbocycles. The number of hydrogen-bond donors (Lipinski definition) is 6. The first kappa shape index (κ1) is 77.9. The van der Waals surface area contributed by atoms with Crippen molar-refractivity contribution in [3.05, 3.63) is 85.1 Å². The molecule has 480 valence electrons. The maximum atomic E-state index is 13.5. The average Bonchev–Trinajstić information content (AvgIpc) is 3.69. The van der Waals surface area contributed by atoms with Crippen LogP contribution in [0.25, 0.3) is 0 Å². The van der Waals surface area contributed by atoms with Crippen molar-refractivity contribution in [1.29, 1.82) is 0 Å². The number of rotatable bonds is 58. The maximum absolute atomic E-state index is 13.5. The minimum absolute atomic E-state index is 0.0838. The van der Waals surface area contributed by atoms with Crippen LogP contribution in [-0.4, -0.2) is 99.6 Å². The highest BCUT2D eigenvalue weighted by Gasteiger charge is 2.47. The smallest absolute Gasteiger partial charge is 0.306 e. The molecule has 8 atom stereocenters. The molecule has 0 aliphatic carbocycles. The number of hydrogen-bond acceptors (Lipinski definition) is 10. The first-order valence-corrected chi connectivity index (χ1v) is 34.4. The molecule has 1 aliphatic heterocycles. The maximum Gasteiger partial charge on any atom is 0.306 e. The van der Waals surface area contributed by atoms with Crippen LogP contribution in [0, 0.1) is 0 Å². The molecule has 0 spiro atoms. The Balaban J connectivity index is 2.60. The largest absolute Gasteiger partial charge is 0.454 e. The molecule has 0 aromatic rings. The zero-order chi connectivity index (χ0) is 60.3. The van der Waals surface area contributed by atoms with Gasteiger partial charge in [-0.2, -0.15) is 0 Å². The lowest BCUT2D eigenvalue weighted by molar-refractivity contribution is -0.305. The molecule has 11 heteroatoms. The van der Waals surface area contributed by atoms with Crippen molar-refractivity contribution in [3.8, 4) is 0 Å². The van der Waals surface area contributed by atoms with Crippen LogP contribution in [0.15, 0.2) is 85.1 Å². The lowest BCUT2D eigenvalue weighted by Crippen LogP contribution is -2.61. The highest BCUT2D eigenvalue weighted by atomic mass is 16.7. The van der Waals surface area contributed by atoms with E-state index in [1.54, 1.807) is 6.08 Å². The average molecular weight is 1170 g/mol. The SMILES string of the molecule is CCCCC/C=C\C/C=C\C/C=C\C/C=C\CCCCCC(=O)OC1C(OCC(NC(=O)C(O)CCCCCCCCCCCCCCCC/C=C\C/C=C\CCCCC)C(O)/C=C/CCCCCCCCCCC)OC(CO)C(O)C1O. The zero-order valence-corrected chi connectivity index (χ0v) is 53.3. The van der Waals surface area contributed by atoms with Crippen LogP contribution in [-0.2, 0) is 23.8 Å². The summed E-state index contributed by atoms with van der Waals surface area (Å²) in [6, 6.07) is -1.03. The molecule has 1 amide bonds. The van der Waals surface area contributed by atoms with Crippen LogP contribution in [0.2, 0.25) is 0 Å². The van der Waals surface area contributed by atoms with Crippen molar-refractivity contribution in [2.45, 2.75) is 346 Å². The van der Waals surface area contributed by atoms with Gasteiger partial charge in [0, 0.05) is 6.42 Å². The lowest BCUT2D eigenvalue weighted by Gasteiger charge is -2.41. The second-order valence-electron chi connectivity index (χ2n) is 23.6. The molecule has 6 N–H and O–H groups in total. The predicted octanol–water partition coefficient (Wildman–Crippen LogP) is 17.3. The fourth-order valence-electron chi connectivity index (χ4n) is 10.3. The topological polar surface area (TPSA) is 175 Å². The van der Waals surface area contributed by atoms with Gasteiger partial charge in [0.05, 0.1) is 25.4 Å². The Morgan fingerprint density at radius 1 is 0.470 bits per heavy atom. The molecule has 1 heterocycles. The van der Waals surface area contributed by atoms with Crippen LogP contribution >= 0.6 is 0 Å². The highest BCUT2D eigenvalue weighted by molar-refractivity contribution is 5.80.